The molecule has 0 aliphatic carbocycles. The van der Waals surface area contributed by atoms with Crippen LogP contribution in [0.1, 0.15) is 28.4 Å². The topological polar surface area (TPSA) is 159 Å². The number of aromatic carboxylic acids is 1. The molecule has 0 radical (unpaired) electrons. The van der Waals surface area contributed by atoms with Crippen LogP contribution in [0.25, 0.3) is 21.8 Å². The number of nitrogens with zero attached hydrogens (tertiary/aromatic N) is 2. The van der Waals surface area contributed by atoms with Gasteiger partial charge in [0.25, 0.3) is 5.91 Å². The molecule has 0 atom stereocenters. The molecule has 0 bridgehead atoms. The van der Waals surface area contributed by atoms with Gasteiger partial charge in [-0.25, -0.2) is 14.8 Å². The number of phenols is 2. The van der Waals surface area contributed by atoms with Crippen molar-refractivity contribution < 1.29 is 24.9 Å². The number of benzene rings is 2. The Labute approximate surface area is 185 Å². The van der Waals surface area contributed by atoms with E-state index < -0.39 is 5.97 Å². The predicted octanol–water partition coefficient (Wildman–Crippen LogP) is 3.15. The van der Waals surface area contributed by atoms with E-state index in [1.807, 2.05) is 6.07 Å². The van der Waals surface area contributed by atoms with Crippen molar-refractivity contribution in [2.45, 2.75) is 7.43 Å². The van der Waals surface area contributed by atoms with E-state index in [2.05, 4.69) is 21.0 Å². The third-order valence-electron chi connectivity index (χ3n) is 4.08. The number of carboxylic acids is 1. The number of aromatic nitrogens is 2. The van der Waals surface area contributed by atoms with Crippen LogP contribution in [0.5, 0.6) is 11.5 Å². The van der Waals surface area contributed by atoms with Crippen LogP contribution in [0, 0.1) is 0 Å². The van der Waals surface area contributed by atoms with Crippen molar-refractivity contribution in [1.29, 1.82) is 0 Å². The van der Waals surface area contributed by atoms with Gasteiger partial charge in [0, 0.05) is 17.8 Å². The average Bonchev–Trinajstić information content (AvgIpc) is 2.80. The number of rotatable bonds is 2. The first-order chi connectivity index (χ1) is 14.9. The number of carboxylic acid groups (broad SMARTS) is 1. The number of aromatic hydroxyl groups is 2. The van der Waals surface area contributed by atoms with Gasteiger partial charge in [0.2, 0.25) is 0 Å². The number of phenolic OH excluding ortho intramolecular Hbond substituents is 2. The molecule has 6 N–H and O–H groups in total. The molecule has 0 fully saturated rings. The molecule has 9 nitrogen and oxygen atoms in total. The van der Waals surface area contributed by atoms with Gasteiger partial charge in [0.15, 0.2) is 0 Å². The van der Waals surface area contributed by atoms with Crippen LogP contribution >= 0.6 is 0 Å². The first kappa shape index (κ1) is 25.8. The van der Waals surface area contributed by atoms with E-state index in [0.717, 1.165) is 10.8 Å². The van der Waals surface area contributed by atoms with Gasteiger partial charge in [0.05, 0.1) is 0 Å². The van der Waals surface area contributed by atoms with Crippen LogP contribution in [0.4, 0.5) is 0 Å². The standard InChI is InChI=1S/C11H10N2O2.C10H7NO3.CH5N.CH4/c1-12-11(15)8-6-5-7-3-2-4-9(14)10(7)13-8;12-8-3-1-2-6-4-5-7(10(13)14)11-9(6)8;1-2;/h2-6,14H,1H3,(H,12,15);1-5,12H,(H,13,14);2H2,1H3;1H4. The summed E-state index contributed by atoms with van der Waals surface area (Å²) < 4.78 is 0. The van der Waals surface area contributed by atoms with Gasteiger partial charge in [-0.3, -0.25) is 4.79 Å². The van der Waals surface area contributed by atoms with Crippen LogP contribution < -0.4 is 11.1 Å². The summed E-state index contributed by atoms with van der Waals surface area (Å²) in [4.78, 5) is 29.8. The van der Waals surface area contributed by atoms with Crippen molar-refractivity contribution in [2.24, 2.45) is 5.73 Å². The van der Waals surface area contributed by atoms with Gasteiger partial charge in [-0.1, -0.05) is 43.8 Å². The zero-order valence-corrected chi connectivity index (χ0v) is 16.9. The number of hydrogen-bond acceptors (Lipinski definition) is 7. The molecule has 0 unspecified atom stereocenters. The Hall–Kier alpha value is -4.24. The van der Waals surface area contributed by atoms with Crippen molar-refractivity contribution >= 4 is 33.7 Å². The lowest BCUT2D eigenvalue weighted by Crippen LogP contribution is -2.18. The van der Waals surface area contributed by atoms with E-state index in [1.165, 1.54) is 19.2 Å². The molecule has 0 saturated heterocycles. The average molecular weight is 438 g/mol. The molecule has 2 aromatic carbocycles. The largest absolute Gasteiger partial charge is 0.506 e. The molecular formula is C23H26N4O5. The summed E-state index contributed by atoms with van der Waals surface area (Å²) in [6.07, 6.45) is 0. The van der Waals surface area contributed by atoms with Crippen molar-refractivity contribution in [3.8, 4) is 11.5 Å². The third kappa shape index (κ3) is 5.89. The number of para-hydroxylation sites is 2. The Balaban J connectivity index is 0.000000289. The van der Waals surface area contributed by atoms with Crippen LogP contribution in [-0.2, 0) is 0 Å². The fourth-order valence-electron chi connectivity index (χ4n) is 2.64. The van der Waals surface area contributed by atoms with Crippen LogP contribution in [0.3, 0.4) is 0 Å². The van der Waals surface area contributed by atoms with E-state index in [0.29, 0.717) is 16.7 Å². The minimum absolute atomic E-state index is 0. The fourth-order valence-corrected chi connectivity index (χ4v) is 2.64. The van der Waals surface area contributed by atoms with E-state index in [4.69, 9.17) is 5.11 Å². The van der Waals surface area contributed by atoms with Crippen molar-refractivity contribution in [2.75, 3.05) is 14.1 Å². The Morgan fingerprint density at radius 3 is 1.66 bits per heavy atom. The molecule has 168 valence electrons. The Bertz CT molecular complexity index is 1230. The zero-order chi connectivity index (χ0) is 23.0. The summed E-state index contributed by atoms with van der Waals surface area (Å²) >= 11 is 0. The number of fused-ring (bicyclic) bond motifs is 2. The zero-order valence-electron chi connectivity index (χ0n) is 16.9. The van der Waals surface area contributed by atoms with Gasteiger partial charge in [-0.05, 0) is 31.3 Å². The third-order valence-corrected chi connectivity index (χ3v) is 4.08. The lowest BCUT2D eigenvalue weighted by Gasteiger charge is -2.02. The van der Waals surface area contributed by atoms with Gasteiger partial charge < -0.3 is 26.4 Å². The highest BCUT2D eigenvalue weighted by Crippen LogP contribution is 2.23. The molecule has 9 heteroatoms. The highest BCUT2D eigenvalue weighted by molar-refractivity contribution is 5.95. The second-order valence-corrected chi connectivity index (χ2v) is 5.97. The van der Waals surface area contributed by atoms with Gasteiger partial charge in [-0.2, -0.15) is 0 Å². The van der Waals surface area contributed by atoms with Gasteiger partial charge in [0.1, 0.15) is 33.9 Å². The lowest BCUT2D eigenvalue weighted by molar-refractivity contribution is 0.0690. The SMILES string of the molecule is C.CN.CNC(=O)c1ccc2cccc(O)c2n1.O=C(O)c1ccc2cccc(O)c2n1. The van der Waals surface area contributed by atoms with Gasteiger partial charge >= 0.3 is 5.97 Å². The van der Waals surface area contributed by atoms with Crippen molar-refractivity contribution in [3.63, 3.8) is 0 Å². The summed E-state index contributed by atoms with van der Waals surface area (Å²) in [7, 11) is 3.04. The molecule has 2 heterocycles. The summed E-state index contributed by atoms with van der Waals surface area (Å²) in [6.45, 7) is 0. The second-order valence-electron chi connectivity index (χ2n) is 5.97. The Morgan fingerprint density at radius 2 is 1.22 bits per heavy atom. The minimum atomic E-state index is -1.10. The number of amides is 1. The highest BCUT2D eigenvalue weighted by Gasteiger charge is 2.08. The molecule has 1 amide bonds. The molecule has 4 aromatic rings. The maximum absolute atomic E-state index is 11.3. The minimum Gasteiger partial charge on any atom is -0.506 e. The molecule has 0 aliphatic rings. The van der Waals surface area contributed by atoms with Crippen LogP contribution in [0.15, 0.2) is 60.7 Å². The number of carbonyl (C=O) groups is 2. The summed E-state index contributed by atoms with van der Waals surface area (Å²) in [6, 6.07) is 16.4. The molecular weight excluding hydrogens is 412 g/mol. The maximum Gasteiger partial charge on any atom is 0.354 e. The summed E-state index contributed by atoms with van der Waals surface area (Å²) in [5.41, 5.74) is 5.48. The Morgan fingerprint density at radius 1 is 0.781 bits per heavy atom. The molecule has 2 aromatic heterocycles. The first-order valence-corrected chi connectivity index (χ1v) is 9.11. The number of pyridine rings is 2. The Kier molecular flexibility index (Phi) is 9.53. The second kappa shape index (κ2) is 11.8. The summed E-state index contributed by atoms with van der Waals surface area (Å²) in [5.74, 6) is -1.29. The molecule has 0 spiro atoms. The summed E-state index contributed by atoms with van der Waals surface area (Å²) in [5, 5.41) is 31.7. The van der Waals surface area contributed by atoms with E-state index >= 15 is 0 Å². The maximum atomic E-state index is 11.3. The van der Waals surface area contributed by atoms with Gasteiger partial charge in [-0.15, -0.1) is 0 Å². The molecule has 0 saturated carbocycles. The quantitative estimate of drug-likeness (QED) is 0.319. The number of nitrogens with two attached hydrogens (primary N) is 1. The normalized spacial score (nSPS) is 9.47. The van der Waals surface area contributed by atoms with Crippen molar-refractivity contribution in [1.82, 2.24) is 15.3 Å². The predicted molar refractivity (Wildman–Crippen MR) is 124 cm³/mol. The van der Waals surface area contributed by atoms with E-state index in [9.17, 15) is 19.8 Å². The number of carbonyl (C=O) groups excluding carboxylic acids is 1. The molecule has 0 aliphatic heterocycles. The molecule has 32 heavy (non-hydrogen) atoms. The molecule has 4 rings (SSSR count). The number of hydrogen-bond donors (Lipinski definition) is 5. The highest BCUT2D eigenvalue weighted by atomic mass is 16.4. The van der Waals surface area contributed by atoms with E-state index in [-0.39, 0.29) is 30.5 Å². The van der Waals surface area contributed by atoms with E-state index in [1.54, 1.807) is 49.5 Å². The lowest BCUT2D eigenvalue weighted by atomic mass is 10.2. The number of nitrogens with one attached hydrogen (secondary N) is 1. The fraction of sp³-hybridized carbons (Fsp3) is 0.130. The van der Waals surface area contributed by atoms with Crippen LogP contribution in [-0.4, -0.2) is 51.3 Å². The smallest absolute Gasteiger partial charge is 0.354 e. The van der Waals surface area contributed by atoms with Crippen LogP contribution in [0.2, 0.25) is 0 Å². The van der Waals surface area contributed by atoms with Crippen molar-refractivity contribution in [3.05, 3.63) is 72.1 Å². The monoisotopic (exact) mass is 438 g/mol. The first-order valence-electron chi connectivity index (χ1n) is 9.11.